The number of carbonyl (C=O) groups is 1. The van der Waals surface area contributed by atoms with E-state index in [0.29, 0.717) is 18.0 Å². The second-order valence-electron chi connectivity index (χ2n) is 7.52. The molecule has 1 aliphatic rings. The van der Waals surface area contributed by atoms with Crippen LogP contribution in [-0.2, 0) is 11.2 Å². The van der Waals surface area contributed by atoms with Gasteiger partial charge >= 0.3 is 0 Å². The predicted molar refractivity (Wildman–Crippen MR) is 115 cm³/mol. The van der Waals surface area contributed by atoms with Gasteiger partial charge in [-0.25, -0.2) is 4.98 Å². The lowest BCUT2D eigenvalue weighted by Gasteiger charge is -2.21. The fourth-order valence-electron chi connectivity index (χ4n) is 3.87. The SMILES string of the molecule is O=C(Cc1cc(-c2ccccc2)on1)N1CCCN(c2nc3ccccc3[nH]2)CC1. The molecule has 1 fully saturated rings. The molecule has 0 aliphatic carbocycles. The molecule has 0 spiro atoms. The second kappa shape index (κ2) is 8.02. The number of aromatic nitrogens is 3. The van der Waals surface area contributed by atoms with Crippen LogP contribution in [0.3, 0.4) is 0 Å². The fraction of sp³-hybridized carbons (Fsp3) is 0.261. The normalized spacial score (nSPS) is 14.8. The van der Waals surface area contributed by atoms with Gasteiger partial charge in [0.15, 0.2) is 5.76 Å². The highest BCUT2D eigenvalue weighted by Gasteiger charge is 2.22. The zero-order valence-corrected chi connectivity index (χ0v) is 16.6. The Morgan fingerprint density at radius 1 is 1.00 bits per heavy atom. The lowest BCUT2D eigenvalue weighted by atomic mass is 10.1. The number of carbonyl (C=O) groups excluding carboxylic acids is 1. The van der Waals surface area contributed by atoms with Crippen LogP contribution in [0.1, 0.15) is 12.1 Å². The lowest BCUT2D eigenvalue weighted by Crippen LogP contribution is -2.36. The quantitative estimate of drug-likeness (QED) is 0.566. The molecule has 5 rings (SSSR count). The number of aromatic amines is 1. The van der Waals surface area contributed by atoms with Crippen LogP contribution in [0.4, 0.5) is 5.95 Å². The molecule has 0 radical (unpaired) electrons. The van der Waals surface area contributed by atoms with Crippen molar-refractivity contribution in [1.29, 1.82) is 0 Å². The van der Waals surface area contributed by atoms with Crippen molar-refractivity contribution < 1.29 is 9.32 Å². The zero-order valence-electron chi connectivity index (χ0n) is 16.6. The Balaban J connectivity index is 1.22. The van der Waals surface area contributed by atoms with Crippen LogP contribution in [0.2, 0.25) is 0 Å². The van der Waals surface area contributed by atoms with Crippen molar-refractivity contribution in [2.24, 2.45) is 0 Å². The van der Waals surface area contributed by atoms with Gasteiger partial charge < -0.3 is 19.3 Å². The number of hydrogen-bond donors (Lipinski definition) is 1. The Kier molecular flexibility index (Phi) is 4.93. The van der Waals surface area contributed by atoms with Gasteiger partial charge in [0.25, 0.3) is 0 Å². The third kappa shape index (κ3) is 3.78. The van der Waals surface area contributed by atoms with E-state index in [4.69, 9.17) is 9.51 Å². The molecule has 4 aromatic rings. The topological polar surface area (TPSA) is 78.3 Å². The number of nitrogens with one attached hydrogen (secondary N) is 1. The van der Waals surface area contributed by atoms with Gasteiger partial charge in [-0.05, 0) is 18.6 Å². The molecule has 1 saturated heterocycles. The maximum absolute atomic E-state index is 12.9. The molecule has 3 heterocycles. The first-order chi connectivity index (χ1) is 14.8. The molecule has 0 atom stereocenters. The number of hydrogen-bond acceptors (Lipinski definition) is 5. The molecule has 1 N–H and O–H groups in total. The largest absolute Gasteiger partial charge is 0.356 e. The highest BCUT2D eigenvalue weighted by molar-refractivity contribution is 5.79. The molecule has 0 bridgehead atoms. The Bertz CT molecular complexity index is 1120. The van der Waals surface area contributed by atoms with E-state index in [-0.39, 0.29) is 12.3 Å². The Morgan fingerprint density at radius 3 is 2.70 bits per heavy atom. The van der Waals surface area contributed by atoms with E-state index in [0.717, 1.165) is 48.6 Å². The molecule has 1 aliphatic heterocycles. The molecule has 2 aromatic carbocycles. The lowest BCUT2D eigenvalue weighted by molar-refractivity contribution is -0.130. The van der Waals surface area contributed by atoms with Gasteiger partial charge in [0, 0.05) is 37.8 Å². The smallest absolute Gasteiger partial charge is 0.228 e. The molecule has 0 unspecified atom stereocenters. The van der Waals surface area contributed by atoms with Crippen LogP contribution < -0.4 is 4.90 Å². The molecule has 7 nitrogen and oxygen atoms in total. The summed E-state index contributed by atoms with van der Waals surface area (Å²) in [6.07, 6.45) is 1.15. The van der Waals surface area contributed by atoms with Crippen LogP contribution in [0.5, 0.6) is 0 Å². The maximum Gasteiger partial charge on any atom is 0.228 e. The summed E-state index contributed by atoms with van der Waals surface area (Å²) in [5, 5.41) is 4.09. The summed E-state index contributed by atoms with van der Waals surface area (Å²) in [6.45, 7) is 3.02. The summed E-state index contributed by atoms with van der Waals surface area (Å²) in [5.41, 5.74) is 3.62. The molecule has 2 aromatic heterocycles. The summed E-state index contributed by atoms with van der Waals surface area (Å²) in [7, 11) is 0. The first-order valence-electron chi connectivity index (χ1n) is 10.2. The second-order valence-corrected chi connectivity index (χ2v) is 7.52. The van der Waals surface area contributed by atoms with Crippen LogP contribution >= 0.6 is 0 Å². The molecule has 1 amide bonds. The van der Waals surface area contributed by atoms with E-state index in [1.54, 1.807) is 0 Å². The van der Waals surface area contributed by atoms with E-state index < -0.39 is 0 Å². The van der Waals surface area contributed by atoms with Crippen LogP contribution in [0, 0.1) is 0 Å². The Labute approximate surface area is 174 Å². The van der Waals surface area contributed by atoms with Crippen LogP contribution in [0.25, 0.3) is 22.4 Å². The number of para-hydroxylation sites is 2. The number of imidazole rings is 1. The predicted octanol–water partition coefficient (Wildman–Crippen LogP) is 3.50. The van der Waals surface area contributed by atoms with Crippen molar-refractivity contribution in [1.82, 2.24) is 20.0 Å². The third-order valence-corrected chi connectivity index (χ3v) is 5.47. The first kappa shape index (κ1) is 18.4. The zero-order chi connectivity index (χ0) is 20.3. The number of amides is 1. The van der Waals surface area contributed by atoms with E-state index in [2.05, 4.69) is 15.0 Å². The molecule has 7 heteroatoms. The van der Waals surface area contributed by atoms with E-state index in [1.807, 2.05) is 65.6 Å². The summed E-state index contributed by atoms with van der Waals surface area (Å²) in [5.74, 6) is 1.63. The monoisotopic (exact) mass is 401 g/mol. The third-order valence-electron chi connectivity index (χ3n) is 5.47. The molecule has 30 heavy (non-hydrogen) atoms. The van der Waals surface area contributed by atoms with Gasteiger partial charge in [0.1, 0.15) is 0 Å². The van der Waals surface area contributed by atoms with Crippen molar-refractivity contribution in [3.8, 4) is 11.3 Å². The van der Waals surface area contributed by atoms with Crippen molar-refractivity contribution in [3.63, 3.8) is 0 Å². The number of benzene rings is 2. The maximum atomic E-state index is 12.9. The van der Waals surface area contributed by atoms with Gasteiger partial charge in [-0.3, -0.25) is 4.79 Å². The summed E-state index contributed by atoms with van der Waals surface area (Å²) in [4.78, 5) is 25.1. The molecule has 0 saturated carbocycles. The van der Waals surface area contributed by atoms with E-state index >= 15 is 0 Å². The van der Waals surface area contributed by atoms with Gasteiger partial charge in [-0.2, -0.15) is 0 Å². The van der Waals surface area contributed by atoms with E-state index in [9.17, 15) is 4.79 Å². The fourth-order valence-corrected chi connectivity index (χ4v) is 3.87. The summed E-state index contributed by atoms with van der Waals surface area (Å²) in [6, 6.07) is 19.7. The van der Waals surface area contributed by atoms with Gasteiger partial charge in [-0.15, -0.1) is 0 Å². The number of anilines is 1. The van der Waals surface area contributed by atoms with Crippen molar-refractivity contribution in [2.75, 3.05) is 31.1 Å². The summed E-state index contributed by atoms with van der Waals surface area (Å²) < 4.78 is 5.43. The van der Waals surface area contributed by atoms with Crippen molar-refractivity contribution in [3.05, 3.63) is 66.4 Å². The highest BCUT2D eigenvalue weighted by Crippen LogP contribution is 2.21. The molecular weight excluding hydrogens is 378 g/mol. The average Bonchev–Trinajstić information content (AvgIpc) is 3.34. The van der Waals surface area contributed by atoms with E-state index in [1.165, 1.54) is 0 Å². The molecule has 152 valence electrons. The minimum atomic E-state index is 0.0781. The van der Waals surface area contributed by atoms with Crippen molar-refractivity contribution >= 4 is 22.9 Å². The number of H-pyrrole nitrogens is 1. The van der Waals surface area contributed by atoms with Gasteiger partial charge in [0.05, 0.1) is 23.1 Å². The first-order valence-corrected chi connectivity index (χ1v) is 10.2. The Morgan fingerprint density at radius 2 is 1.83 bits per heavy atom. The van der Waals surface area contributed by atoms with Crippen LogP contribution in [0.15, 0.2) is 65.2 Å². The standard InChI is InChI=1S/C23H23N5O2/c29-22(16-18-15-21(30-26-18)17-7-2-1-3-8-17)27-11-6-12-28(14-13-27)23-24-19-9-4-5-10-20(19)25-23/h1-5,7-10,15H,6,11-14,16H2,(H,24,25). The molecular formula is C23H23N5O2. The number of fused-ring (bicyclic) bond motifs is 1. The highest BCUT2D eigenvalue weighted by atomic mass is 16.5. The number of rotatable bonds is 4. The minimum Gasteiger partial charge on any atom is -0.356 e. The summed E-state index contributed by atoms with van der Waals surface area (Å²) >= 11 is 0. The van der Waals surface area contributed by atoms with Gasteiger partial charge in [0.2, 0.25) is 11.9 Å². The minimum absolute atomic E-state index is 0.0781. The number of nitrogens with zero attached hydrogens (tertiary/aromatic N) is 4. The van der Waals surface area contributed by atoms with Crippen molar-refractivity contribution in [2.45, 2.75) is 12.8 Å². The van der Waals surface area contributed by atoms with Gasteiger partial charge in [-0.1, -0.05) is 47.6 Å². The Hall–Kier alpha value is -3.61. The average molecular weight is 401 g/mol. The van der Waals surface area contributed by atoms with Crippen LogP contribution in [-0.4, -0.2) is 52.1 Å².